The molecular formula is C13H11Cl2N3O3. The van der Waals surface area contributed by atoms with Crippen LogP contribution in [0.25, 0.3) is 0 Å². The molecule has 1 aromatic carbocycles. The normalized spacial score (nSPS) is 10.4. The molecule has 21 heavy (non-hydrogen) atoms. The van der Waals surface area contributed by atoms with Crippen LogP contribution in [0.3, 0.4) is 0 Å². The highest BCUT2D eigenvalue weighted by atomic mass is 35.5. The van der Waals surface area contributed by atoms with Crippen molar-refractivity contribution in [1.82, 2.24) is 14.9 Å². The highest BCUT2D eigenvalue weighted by Crippen LogP contribution is 2.20. The van der Waals surface area contributed by atoms with Gasteiger partial charge in [-0.25, -0.2) is 9.78 Å². The van der Waals surface area contributed by atoms with Crippen LogP contribution in [-0.2, 0) is 6.54 Å². The highest BCUT2D eigenvalue weighted by Gasteiger charge is 2.11. The number of carbonyl (C=O) groups is 2. The van der Waals surface area contributed by atoms with E-state index < -0.39 is 5.97 Å². The predicted molar refractivity (Wildman–Crippen MR) is 78.0 cm³/mol. The SMILES string of the molecule is O=C(O)c1cn(CCNC(=O)c2cc(Cl)ccc2Cl)cn1. The van der Waals surface area contributed by atoms with Gasteiger partial charge in [-0.05, 0) is 18.2 Å². The van der Waals surface area contributed by atoms with E-state index in [2.05, 4.69) is 10.3 Å². The number of carboxylic acid groups (broad SMARTS) is 1. The van der Waals surface area contributed by atoms with Gasteiger partial charge in [0.1, 0.15) is 0 Å². The smallest absolute Gasteiger partial charge is 0.356 e. The first-order valence-electron chi connectivity index (χ1n) is 5.95. The predicted octanol–water partition coefficient (Wildman–Crippen LogP) is 2.32. The second kappa shape index (κ2) is 6.60. The van der Waals surface area contributed by atoms with Gasteiger partial charge in [-0.1, -0.05) is 23.2 Å². The molecule has 0 aliphatic carbocycles. The number of hydrogen-bond donors (Lipinski definition) is 2. The second-order valence-corrected chi connectivity index (χ2v) is 5.03. The van der Waals surface area contributed by atoms with E-state index in [1.807, 2.05) is 0 Å². The summed E-state index contributed by atoms with van der Waals surface area (Å²) in [7, 11) is 0. The molecule has 0 radical (unpaired) electrons. The molecule has 110 valence electrons. The first-order valence-corrected chi connectivity index (χ1v) is 6.71. The molecule has 0 saturated carbocycles. The van der Waals surface area contributed by atoms with Gasteiger partial charge in [0.2, 0.25) is 0 Å². The van der Waals surface area contributed by atoms with Crippen molar-refractivity contribution in [3.05, 3.63) is 52.0 Å². The Labute approximate surface area is 130 Å². The molecule has 2 rings (SSSR count). The van der Waals surface area contributed by atoms with Crippen molar-refractivity contribution >= 4 is 35.1 Å². The Morgan fingerprint density at radius 2 is 2.10 bits per heavy atom. The second-order valence-electron chi connectivity index (χ2n) is 4.18. The summed E-state index contributed by atoms with van der Waals surface area (Å²) in [5.74, 6) is -1.44. The lowest BCUT2D eigenvalue weighted by molar-refractivity contribution is 0.0690. The van der Waals surface area contributed by atoms with Crippen LogP contribution in [0.1, 0.15) is 20.8 Å². The molecule has 0 bridgehead atoms. The van der Waals surface area contributed by atoms with Gasteiger partial charge in [0.05, 0.1) is 16.9 Å². The first-order chi connectivity index (χ1) is 9.97. The molecular weight excluding hydrogens is 317 g/mol. The Balaban J connectivity index is 1.92. The summed E-state index contributed by atoms with van der Waals surface area (Å²) in [4.78, 5) is 26.3. The molecule has 1 amide bonds. The Hall–Kier alpha value is -2.05. The number of aromatic carboxylic acids is 1. The van der Waals surface area contributed by atoms with Crippen LogP contribution in [0.2, 0.25) is 10.0 Å². The zero-order valence-electron chi connectivity index (χ0n) is 10.7. The average molecular weight is 328 g/mol. The number of carboxylic acids is 1. The number of nitrogens with zero attached hydrogens (tertiary/aromatic N) is 2. The average Bonchev–Trinajstić information content (AvgIpc) is 2.90. The summed E-state index contributed by atoms with van der Waals surface area (Å²) < 4.78 is 1.57. The maximum atomic E-state index is 11.9. The molecule has 1 heterocycles. The van der Waals surface area contributed by atoms with Crippen molar-refractivity contribution in [2.45, 2.75) is 6.54 Å². The summed E-state index contributed by atoms with van der Waals surface area (Å²) in [6.45, 7) is 0.696. The molecule has 2 N–H and O–H groups in total. The number of halogens is 2. The summed E-state index contributed by atoms with van der Waals surface area (Å²) in [6, 6.07) is 4.63. The molecule has 0 unspecified atom stereocenters. The van der Waals surface area contributed by atoms with E-state index in [9.17, 15) is 9.59 Å². The lowest BCUT2D eigenvalue weighted by Crippen LogP contribution is -2.27. The summed E-state index contributed by atoms with van der Waals surface area (Å²) in [6.07, 6.45) is 2.78. The van der Waals surface area contributed by atoms with Crippen molar-refractivity contribution in [3.8, 4) is 0 Å². The molecule has 8 heteroatoms. The number of rotatable bonds is 5. The number of hydrogen-bond acceptors (Lipinski definition) is 3. The van der Waals surface area contributed by atoms with Gasteiger partial charge in [0.25, 0.3) is 5.91 Å². The zero-order valence-corrected chi connectivity index (χ0v) is 12.2. The number of amides is 1. The standard InChI is InChI=1S/C13H11Cl2N3O3/c14-8-1-2-10(15)9(5-8)12(19)16-3-4-18-6-11(13(20)21)17-7-18/h1-2,5-7H,3-4H2,(H,16,19)(H,20,21). The van der Waals surface area contributed by atoms with E-state index in [-0.39, 0.29) is 11.6 Å². The Morgan fingerprint density at radius 3 is 2.76 bits per heavy atom. The Bertz CT molecular complexity index is 685. The van der Waals surface area contributed by atoms with Crippen molar-refractivity contribution in [2.24, 2.45) is 0 Å². The summed E-state index contributed by atoms with van der Waals surface area (Å²) in [5.41, 5.74) is 0.250. The van der Waals surface area contributed by atoms with Gasteiger partial charge in [0.15, 0.2) is 5.69 Å². The van der Waals surface area contributed by atoms with Crippen molar-refractivity contribution in [2.75, 3.05) is 6.54 Å². The maximum absolute atomic E-state index is 11.9. The van der Waals surface area contributed by atoms with Crippen LogP contribution in [0.5, 0.6) is 0 Å². The lowest BCUT2D eigenvalue weighted by Gasteiger charge is -2.07. The van der Waals surface area contributed by atoms with Crippen LogP contribution in [-0.4, -0.2) is 33.1 Å². The van der Waals surface area contributed by atoms with Crippen molar-refractivity contribution < 1.29 is 14.7 Å². The fourth-order valence-corrected chi connectivity index (χ4v) is 2.03. The number of aromatic nitrogens is 2. The number of benzene rings is 1. The molecule has 1 aromatic heterocycles. The van der Waals surface area contributed by atoms with E-state index in [1.165, 1.54) is 18.6 Å². The van der Waals surface area contributed by atoms with E-state index in [0.717, 1.165) is 0 Å². The minimum Gasteiger partial charge on any atom is -0.476 e. The topological polar surface area (TPSA) is 84.2 Å². The molecule has 0 aliphatic heterocycles. The van der Waals surface area contributed by atoms with Crippen LogP contribution >= 0.6 is 23.2 Å². The van der Waals surface area contributed by atoms with E-state index in [4.69, 9.17) is 28.3 Å². The van der Waals surface area contributed by atoms with Gasteiger partial charge in [-0.2, -0.15) is 0 Å². The number of carbonyl (C=O) groups excluding carboxylic acids is 1. The zero-order chi connectivity index (χ0) is 15.4. The summed E-state index contributed by atoms with van der Waals surface area (Å²) in [5, 5.41) is 12.2. The molecule has 0 fully saturated rings. The largest absolute Gasteiger partial charge is 0.476 e. The highest BCUT2D eigenvalue weighted by molar-refractivity contribution is 6.35. The molecule has 0 atom stereocenters. The van der Waals surface area contributed by atoms with Gasteiger partial charge in [-0.15, -0.1) is 0 Å². The first kappa shape index (κ1) is 15.3. The van der Waals surface area contributed by atoms with E-state index in [1.54, 1.807) is 16.7 Å². The van der Waals surface area contributed by atoms with Gasteiger partial charge < -0.3 is 15.0 Å². The quantitative estimate of drug-likeness (QED) is 0.882. The van der Waals surface area contributed by atoms with Crippen molar-refractivity contribution in [3.63, 3.8) is 0 Å². The summed E-state index contributed by atoms with van der Waals surface area (Å²) >= 11 is 11.7. The fraction of sp³-hybridized carbons (Fsp3) is 0.154. The van der Waals surface area contributed by atoms with Crippen LogP contribution in [0.15, 0.2) is 30.7 Å². The molecule has 0 aliphatic rings. The molecule has 0 saturated heterocycles. The lowest BCUT2D eigenvalue weighted by atomic mass is 10.2. The molecule has 0 spiro atoms. The molecule has 6 nitrogen and oxygen atoms in total. The van der Waals surface area contributed by atoms with Gasteiger partial charge >= 0.3 is 5.97 Å². The number of nitrogens with one attached hydrogen (secondary N) is 1. The number of imidazole rings is 1. The Kier molecular flexibility index (Phi) is 4.82. The van der Waals surface area contributed by atoms with Crippen LogP contribution < -0.4 is 5.32 Å². The third kappa shape index (κ3) is 3.96. The van der Waals surface area contributed by atoms with Crippen molar-refractivity contribution in [1.29, 1.82) is 0 Å². The van der Waals surface area contributed by atoms with Gasteiger partial charge in [-0.3, -0.25) is 4.79 Å². The fourth-order valence-electron chi connectivity index (χ4n) is 1.66. The van der Waals surface area contributed by atoms with Crippen LogP contribution in [0, 0.1) is 0 Å². The molecule has 2 aromatic rings. The minimum atomic E-state index is -1.09. The third-order valence-corrected chi connectivity index (χ3v) is 3.25. The van der Waals surface area contributed by atoms with Gasteiger partial charge in [0, 0.05) is 24.3 Å². The van der Waals surface area contributed by atoms with Crippen LogP contribution in [0.4, 0.5) is 0 Å². The monoisotopic (exact) mass is 327 g/mol. The Morgan fingerprint density at radius 1 is 1.33 bits per heavy atom. The third-order valence-electron chi connectivity index (χ3n) is 2.68. The maximum Gasteiger partial charge on any atom is 0.356 e. The minimum absolute atomic E-state index is 0.0424. The van der Waals surface area contributed by atoms with E-state index in [0.29, 0.717) is 28.7 Å². The van der Waals surface area contributed by atoms with E-state index >= 15 is 0 Å².